The molecule has 1 aliphatic heterocycles. The van der Waals surface area contributed by atoms with Crippen LogP contribution in [0.5, 0.6) is 0 Å². The number of carbonyl (C=O) groups excluding carboxylic acids is 2. The SMILES string of the molecule is Cc1cc(-c2cnc3[nH]cc(-c4ccc(C(=O)N(C)C)cc4)c3n2)cc2c1CCN(CCC(=O)NC1CCCC1)C2. The molecule has 2 amide bonds. The van der Waals surface area contributed by atoms with Gasteiger partial charge in [0.25, 0.3) is 5.91 Å². The fourth-order valence-electron chi connectivity index (χ4n) is 6.25. The van der Waals surface area contributed by atoms with Gasteiger partial charge < -0.3 is 15.2 Å². The van der Waals surface area contributed by atoms with Crippen molar-refractivity contribution in [2.75, 3.05) is 27.2 Å². The molecule has 0 unspecified atom stereocenters. The first kappa shape index (κ1) is 27.1. The summed E-state index contributed by atoms with van der Waals surface area (Å²) in [5.41, 5.74) is 9.98. The maximum atomic E-state index is 12.5. The molecule has 0 spiro atoms. The number of rotatable bonds is 7. The van der Waals surface area contributed by atoms with Crippen molar-refractivity contribution in [2.45, 2.75) is 58.0 Å². The van der Waals surface area contributed by atoms with E-state index in [-0.39, 0.29) is 11.8 Å². The van der Waals surface area contributed by atoms with Gasteiger partial charge >= 0.3 is 0 Å². The highest BCUT2D eigenvalue weighted by atomic mass is 16.2. The van der Waals surface area contributed by atoms with Gasteiger partial charge in [-0.25, -0.2) is 9.97 Å². The monoisotopic (exact) mass is 550 g/mol. The standard InChI is InChI=1S/C33H38N6O2/c1-21-16-24(17-25-20-39(14-12-27(21)25)15-13-30(40)36-26-6-4-5-7-26)29-19-35-32-31(37-29)28(18-34-32)22-8-10-23(11-9-22)33(41)38(2)3/h8-11,16-19,26H,4-7,12-15,20H2,1-3H3,(H,34,35)(H,36,40). The molecule has 0 saturated heterocycles. The second-order valence-corrected chi connectivity index (χ2v) is 11.7. The summed E-state index contributed by atoms with van der Waals surface area (Å²) in [6.45, 7) is 4.76. The molecule has 4 aromatic rings. The third-order valence-electron chi connectivity index (χ3n) is 8.54. The highest BCUT2D eigenvalue weighted by Gasteiger charge is 2.22. The molecule has 8 nitrogen and oxygen atoms in total. The van der Waals surface area contributed by atoms with E-state index in [4.69, 9.17) is 4.98 Å². The second-order valence-electron chi connectivity index (χ2n) is 11.7. The molecule has 2 aromatic heterocycles. The van der Waals surface area contributed by atoms with Crippen LogP contribution in [0.15, 0.2) is 48.8 Å². The van der Waals surface area contributed by atoms with Crippen molar-refractivity contribution in [3.8, 4) is 22.4 Å². The van der Waals surface area contributed by atoms with Gasteiger partial charge in [-0.15, -0.1) is 0 Å². The predicted molar refractivity (Wildman–Crippen MR) is 162 cm³/mol. The summed E-state index contributed by atoms with van der Waals surface area (Å²) < 4.78 is 0. The maximum absolute atomic E-state index is 12.5. The Morgan fingerprint density at radius 1 is 1.10 bits per heavy atom. The molecule has 0 bridgehead atoms. The topological polar surface area (TPSA) is 94.2 Å². The van der Waals surface area contributed by atoms with Gasteiger partial charge in [-0.2, -0.15) is 0 Å². The van der Waals surface area contributed by atoms with Crippen LogP contribution in [0, 0.1) is 6.92 Å². The lowest BCUT2D eigenvalue weighted by atomic mass is 9.92. The van der Waals surface area contributed by atoms with Crippen molar-refractivity contribution >= 4 is 23.0 Å². The van der Waals surface area contributed by atoms with Crippen molar-refractivity contribution in [3.05, 3.63) is 71.0 Å². The number of fused-ring (bicyclic) bond motifs is 2. The van der Waals surface area contributed by atoms with E-state index in [1.165, 1.54) is 29.5 Å². The van der Waals surface area contributed by atoms with Crippen molar-refractivity contribution in [3.63, 3.8) is 0 Å². The summed E-state index contributed by atoms with van der Waals surface area (Å²) >= 11 is 0. The summed E-state index contributed by atoms with van der Waals surface area (Å²) in [5, 5.41) is 3.22. The number of benzene rings is 2. The Morgan fingerprint density at radius 3 is 2.63 bits per heavy atom. The lowest BCUT2D eigenvalue weighted by molar-refractivity contribution is -0.122. The van der Waals surface area contributed by atoms with Gasteiger partial charge in [-0.3, -0.25) is 14.5 Å². The van der Waals surface area contributed by atoms with Crippen LogP contribution in [0.25, 0.3) is 33.5 Å². The number of aromatic nitrogens is 3. The number of H-pyrrole nitrogens is 1. The van der Waals surface area contributed by atoms with Gasteiger partial charge in [0.1, 0.15) is 5.52 Å². The molecule has 0 radical (unpaired) electrons. The van der Waals surface area contributed by atoms with Crippen molar-refractivity contribution in [2.24, 2.45) is 0 Å². The Labute approximate surface area is 241 Å². The molecule has 212 valence electrons. The number of amides is 2. The quantitative estimate of drug-likeness (QED) is 0.334. The second kappa shape index (κ2) is 11.4. The van der Waals surface area contributed by atoms with E-state index in [1.807, 2.05) is 36.7 Å². The molecule has 1 fully saturated rings. The van der Waals surface area contributed by atoms with E-state index in [1.54, 1.807) is 19.0 Å². The number of aromatic amines is 1. The summed E-state index contributed by atoms with van der Waals surface area (Å²) in [6.07, 6.45) is 9.99. The van der Waals surface area contributed by atoms with Gasteiger partial charge in [0.15, 0.2) is 5.65 Å². The zero-order valence-corrected chi connectivity index (χ0v) is 24.2. The Hall–Kier alpha value is -4.04. The van der Waals surface area contributed by atoms with E-state index in [2.05, 4.69) is 39.2 Å². The highest BCUT2D eigenvalue weighted by molar-refractivity contribution is 5.96. The van der Waals surface area contributed by atoms with Crippen LogP contribution in [0.2, 0.25) is 0 Å². The Balaban J connectivity index is 1.21. The van der Waals surface area contributed by atoms with Crippen LogP contribution in [0.3, 0.4) is 0 Å². The molecular weight excluding hydrogens is 512 g/mol. The first-order valence-corrected chi connectivity index (χ1v) is 14.7. The fraction of sp³-hybridized carbons (Fsp3) is 0.394. The van der Waals surface area contributed by atoms with Gasteiger partial charge in [-0.05, 0) is 72.7 Å². The van der Waals surface area contributed by atoms with Crippen LogP contribution in [-0.4, -0.2) is 69.8 Å². The Bertz CT molecular complexity index is 1580. The van der Waals surface area contributed by atoms with Gasteiger partial charge in [0.2, 0.25) is 5.91 Å². The molecule has 6 rings (SSSR count). The first-order chi connectivity index (χ1) is 19.9. The lowest BCUT2D eigenvalue weighted by Crippen LogP contribution is -2.37. The molecule has 2 aliphatic rings. The van der Waals surface area contributed by atoms with Crippen LogP contribution in [0.4, 0.5) is 0 Å². The van der Waals surface area contributed by atoms with Crippen LogP contribution in [0.1, 0.15) is 59.2 Å². The number of nitrogens with one attached hydrogen (secondary N) is 2. The van der Waals surface area contributed by atoms with E-state index in [9.17, 15) is 9.59 Å². The molecular formula is C33H38N6O2. The minimum atomic E-state index is -0.0220. The van der Waals surface area contributed by atoms with Crippen molar-refractivity contribution in [1.82, 2.24) is 30.1 Å². The van der Waals surface area contributed by atoms with Crippen LogP contribution < -0.4 is 5.32 Å². The Kier molecular flexibility index (Phi) is 7.58. The van der Waals surface area contributed by atoms with Crippen molar-refractivity contribution in [1.29, 1.82) is 0 Å². The summed E-state index contributed by atoms with van der Waals surface area (Å²) in [5.74, 6) is 0.156. The zero-order valence-electron chi connectivity index (χ0n) is 24.2. The zero-order chi connectivity index (χ0) is 28.5. The van der Waals surface area contributed by atoms with Crippen LogP contribution >= 0.6 is 0 Å². The molecule has 1 saturated carbocycles. The predicted octanol–water partition coefficient (Wildman–Crippen LogP) is 5.11. The summed E-state index contributed by atoms with van der Waals surface area (Å²) in [6, 6.07) is 12.5. The van der Waals surface area contributed by atoms with E-state index >= 15 is 0 Å². The largest absolute Gasteiger partial charge is 0.353 e. The fourth-order valence-corrected chi connectivity index (χ4v) is 6.25. The number of carbonyl (C=O) groups is 2. The number of hydrogen-bond donors (Lipinski definition) is 2. The van der Waals surface area contributed by atoms with Crippen molar-refractivity contribution < 1.29 is 9.59 Å². The number of nitrogens with zero attached hydrogens (tertiary/aromatic N) is 4. The van der Waals surface area contributed by atoms with Crippen LogP contribution in [-0.2, 0) is 17.8 Å². The third-order valence-corrected chi connectivity index (χ3v) is 8.54. The maximum Gasteiger partial charge on any atom is 0.253 e. The van der Waals surface area contributed by atoms with Gasteiger partial charge in [-0.1, -0.05) is 25.0 Å². The lowest BCUT2D eigenvalue weighted by Gasteiger charge is -2.30. The average Bonchev–Trinajstić information content (AvgIpc) is 3.65. The normalized spacial score (nSPS) is 15.7. The van der Waals surface area contributed by atoms with E-state index in [0.717, 1.165) is 72.4 Å². The molecule has 1 aliphatic carbocycles. The molecule has 2 aromatic carbocycles. The number of hydrogen-bond acceptors (Lipinski definition) is 5. The van der Waals surface area contributed by atoms with E-state index in [0.29, 0.717) is 18.0 Å². The Morgan fingerprint density at radius 2 is 1.88 bits per heavy atom. The van der Waals surface area contributed by atoms with Gasteiger partial charge in [0, 0.05) is 69.1 Å². The van der Waals surface area contributed by atoms with E-state index < -0.39 is 0 Å². The first-order valence-electron chi connectivity index (χ1n) is 14.7. The molecule has 2 N–H and O–H groups in total. The third kappa shape index (κ3) is 5.75. The molecule has 0 atom stereocenters. The minimum Gasteiger partial charge on any atom is -0.353 e. The molecule has 41 heavy (non-hydrogen) atoms. The summed E-state index contributed by atoms with van der Waals surface area (Å²) in [4.78, 5) is 41.8. The molecule has 8 heteroatoms. The number of aryl methyl sites for hydroxylation is 1. The highest BCUT2D eigenvalue weighted by Crippen LogP contribution is 2.32. The summed E-state index contributed by atoms with van der Waals surface area (Å²) in [7, 11) is 3.51. The average molecular weight is 551 g/mol. The smallest absolute Gasteiger partial charge is 0.253 e. The minimum absolute atomic E-state index is 0.0220. The van der Waals surface area contributed by atoms with Gasteiger partial charge in [0.05, 0.1) is 11.9 Å². The molecule has 3 heterocycles.